The molecule has 0 aromatic carbocycles. The van der Waals surface area contributed by atoms with Crippen LogP contribution in [0.15, 0.2) is 27.4 Å². The highest BCUT2D eigenvalue weighted by Gasteiger charge is 2.19. The minimum Gasteiger partial charge on any atom is -0.507 e. The molecule has 0 fully saturated rings. The van der Waals surface area contributed by atoms with E-state index < -0.39 is 11.4 Å². The third-order valence-corrected chi connectivity index (χ3v) is 3.04. The SMILES string of the molecule is C/C=C/CCC(C)c1cc(O)c(C(=O)CC)c(=O)o1. The van der Waals surface area contributed by atoms with Crippen molar-refractivity contribution in [3.63, 3.8) is 0 Å². The van der Waals surface area contributed by atoms with Crippen LogP contribution in [0.5, 0.6) is 5.75 Å². The van der Waals surface area contributed by atoms with E-state index in [-0.39, 0.29) is 23.7 Å². The minimum atomic E-state index is -0.750. The molecule has 1 heterocycles. The number of Topliss-reactive ketones (excluding diaryl/α,β-unsaturated/α-hetero) is 1. The van der Waals surface area contributed by atoms with Gasteiger partial charge in [0.2, 0.25) is 0 Å². The summed E-state index contributed by atoms with van der Waals surface area (Å²) in [5, 5.41) is 9.80. The van der Waals surface area contributed by atoms with Crippen molar-refractivity contribution in [2.24, 2.45) is 0 Å². The summed E-state index contributed by atoms with van der Waals surface area (Å²) in [6.45, 7) is 5.50. The number of hydrogen-bond donors (Lipinski definition) is 1. The first-order chi connectivity index (χ1) is 9.01. The van der Waals surface area contributed by atoms with E-state index in [0.717, 1.165) is 12.8 Å². The summed E-state index contributed by atoms with van der Waals surface area (Å²) in [6.07, 6.45) is 5.84. The Bertz CT molecular complexity index is 525. The van der Waals surface area contributed by atoms with Crippen LogP contribution in [0.25, 0.3) is 0 Å². The number of aromatic hydroxyl groups is 1. The zero-order valence-corrected chi connectivity index (χ0v) is 11.6. The smallest absolute Gasteiger partial charge is 0.350 e. The molecule has 0 aliphatic carbocycles. The van der Waals surface area contributed by atoms with Gasteiger partial charge < -0.3 is 9.52 Å². The van der Waals surface area contributed by atoms with Gasteiger partial charge in [0.1, 0.15) is 17.1 Å². The number of carbonyl (C=O) groups excluding carboxylic acids is 1. The Morgan fingerprint density at radius 3 is 2.74 bits per heavy atom. The molecule has 1 N–H and O–H groups in total. The molecule has 104 valence electrons. The fourth-order valence-corrected chi connectivity index (χ4v) is 1.83. The lowest BCUT2D eigenvalue weighted by atomic mass is 10.0. The molecule has 4 nitrogen and oxygen atoms in total. The summed E-state index contributed by atoms with van der Waals surface area (Å²) in [5.74, 6) is -0.254. The Balaban J connectivity index is 3.00. The van der Waals surface area contributed by atoms with Crippen LogP contribution < -0.4 is 5.63 Å². The van der Waals surface area contributed by atoms with E-state index in [1.807, 2.05) is 26.0 Å². The Kier molecular flexibility index (Phi) is 5.55. The second kappa shape index (κ2) is 6.92. The van der Waals surface area contributed by atoms with Gasteiger partial charge in [0, 0.05) is 18.4 Å². The van der Waals surface area contributed by atoms with Gasteiger partial charge in [0.15, 0.2) is 5.78 Å². The average molecular weight is 264 g/mol. The summed E-state index contributed by atoms with van der Waals surface area (Å²) >= 11 is 0. The van der Waals surface area contributed by atoms with Crippen LogP contribution >= 0.6 is 0 Å². The van der Waals surface area contributed by atoms with E-state index in [0.29, 0.717) is 5.76 Å². The Hall–Kier alpha value is -1.84. The van der Waals surface area contributed by atoms with E-state index >= 15 is 0 Å². The van der Waals surface area contributed by atoms with Gasteiger partial charge >= 0.3 is 5.63 Å². The van der Waals surface area contributed by atoms with Crippen molar-refractivity contribution in [3.05, 3.63) is 40.0 Å². The highest BCUT2D eigenvalue weighted by Crippen LogP contribution is 2.25. The predicted octanol–water partition coefficient (Wildman–Crippen LogP) is 3.40. The average Bonchev–Trinajstić information content (AvgIpc) is 2.37. The van der Waals surface area contributed by atoms with Crippen molar-refractivity contribution >= 4 is 5.78 Å². The van der Waals surface area contributed by atoms with Gasteiger partial charge in [-0.15, -0.1) is 0 Å². The summed E-state index contributed by atoms with van der Waals surface area (Å²) in [7, 11) is 0. The third kappa shape index (κ3) is 3.81. The molecule has 4 heteroatoms. The Morgan fingerprint density at radius 1 is 1.53 bits per heavy atom. The summed E-state index contributed by atoms with van der Waals surface area (Å²) in [4.78, 5) is 23.3. The predicted molar refractivity (Wildman–Crippen MR) is 73.7 cm³/mol. The van der Waals surface area contributed by atoms with Gasteiger partial charge in [-0.25, -0.2) is 4.79 Å². The number of carbonyl (C=O) groups is 1. The molecule has 1 unspecified atom stereocenters. The maximum Gasteiger partial charge on any atom is 0.350 e. The summed E-state index contributed by atoms with van der Waals surface area (Å²) in [6, 6.07) is 1.38. The van der Waals surface area contributed by atoms with Gasteiger partial charge in [-0.3, -0.25) is 4.79 Å². The normalized spacial score (nSPS) is 12.8. The van der Waals surface area contributed by atoms with Crippen molar-refractivity contribution in [3.8, 4) is 5.75 Å². The summed E-state index contributed by atoms with van der Waals surface area (Å²) < 4.78 is 5.14. The first kappa shape index (κ1) is 15.2. The van der Waals surface area contributed by atoms with E-state index in [1.54, 1.807) is 6.92 Å². The maximum absolute atomic E-state index is 11.7. The van der Waals surface area contributed by atoms with Crippen molar-refractivity contribution in [1.82, 2.24) is 0 Å². The van der Waals surface area contributed by atoms with E-state index in [1.165, 1.54) is 6.07 Å². The largest absolute Gasteiger partial charge is 0.507 e. The second-order valence-corrected chi connectivity index (χ2v) is 4.52. The van der Waals surface area contributed by atoms with E-state index in [4.69, 9.17) is 4.42 Å². The fraction of sp³-hybridized carbons (Fsp3) is 0.467. The van der Waals surface area contributed by atoms with E-state index in [9.17, 15) is 14.7 Å². The maximum atomic E-state index is 11.7. The van der Waals surface area contributed by atoms with Crippen LogP contribution in [0.1, 0.15) is 62.1 Å². The Morgan fingerprint density at radius 2 is 2.21 bits per heavy atom. The molecule has 0 radical (unpaired) electrons. The number of ketones is 1. The van der Waals surface area contributed by atoms with Gasteiger partial charge in [-0.05, 0) is 19.8 Å². The van der Waals surface area contributed by atoms with E-state index in [2.05, 4.69) is 0 Å². The lowest BCUT2D eigenvalue weighted by Crippen LogP contribution is -2.15. The molecule has 0 saturated heterocycles. The molecule has 0 saturated carbocycles. The molecule has 19 heavy (non-hydrogen) atoms. The van der Waals surface area contributed by atoms with Crippen molar-refractivity contribution in [2.75, 3.05) is 0 Å². The molecule has 0 spiro atoms. The van der Waals surface area contributed by atoms with Crippen molar-refractivity contribution in [2.45, 2.75) is 46.0 Å². The van der Waals surface area contributed by atoms with Crippen molar-refractivity contribution in [1.29, 1.82) is 0 Å². The quantitative estimate of drug-likeness (QED) is 0.631. The third-order valence-electron chi connectivity index (χ3n) is 3.04. The standard InChI is InChI=1S/C15H20O4/c1-4-6-7-8-10(3)13-9-12(17)14(11(16)5-2)15(18)19-13/h4,6,9-10,17H,5,7-8H2,1-3H3/b6-4+. The van der Waals surface area contributed by atoms with Crippen LogP contribution in [-0.4, -0.2) is 10.9 Å². The van der Waals surface area contributed by atoms with Gasteiger partial charge in [0.05, 0.1) is 0 Å². The lowest BCUT2D eigenvalue weighted by molar-refractivity contribution is 0.0980. The van der Waals surface area contributed by atoms with Gasteiger partial charge in [-0.1, -0.05) is 26.0 Å². The van der Waals surface area contributed by atoms with Crippen LogP contribution in [-0.2, 0) is 0 Å². The Labute approximate surface area is 112 Å². The summed E-state index contributed by atoms with van der Waals surface area (Å²) in [5.41, 5.74) is -0.994. The highest BCUT2D eigenvalue weighted by atomic mass is 16.4. The molecule has 1 rings (SSSR count). The molecule has 1 aromatic rings. The zero-order chi connectivity index (χ0) is 14.4. The molecule has 0 aliphatic heterocycles. The first-order valence-electron chi connectivity index (χ1n) is 6.52. The molecule has 0 aliphatic rings. The minimum absolute atomic E-state index is 0.0144. The number of allylic oxidation sites excluding steroid dienone is 2. The van der Waals surface area contributed by atoms with Crippen LogP contribution in [0.2, 0.25) is 0 Å². The fourth-order valence-electron chi connectivity index (χ4n) is 1.83. The van der Waals surface area contributed by atoms with Crippen LogP contribution in [0, 0.1) is 0 Å². The molecule has 1 atom stereocenters. The molecule has 1 aromatic heterocycles. The first-order valence-corrected chi connectivity index (χ1v) is 6.52. The van der Waals surface area contributed by atoms with Gasteiger partial charge in [0.25, 0.3) is 0 Å². The van der Waals surface area contributed by atoms with Crippen LogP contribution in [0.3, 0.4) is 0 Å². The number of hydrogen-bond acceptors (Lipinski definition) is 4. The monoisotopic (exact) mass is 264 g/mol. The lowest BCUT2D eigenvalue weighted by Gasteiger charge is -2.10. The highest BCUT2D eigenvalue weighted by molar-refractivity contribution is 5.97. The molecular formula is C15H20O4. The molecular weight excluding hydrogens is 244 g/mol. The zero-order valence-electron chi connectivity index (χ0n) is 11.6. The van der Waals surface area contributed by atoms with Gasteiger partial charge in [-0.2, -0.15) is 0 Å². The second-order valence-electron chi connectivity index (χ2n) is 4.52. The molecule has 0 bridgehead atoms. The topological polar surface area (TPSA) is 67.5 Å². The van der Waals surface area contributed by atoms with Crippen molar-refractivity contribution < 1.29 is 14.3 Å². The number of rotatable bonds is 6. The van der Waals surface area contributed by atoms with Crippen LogP contribution in [0.4, 0.5) is 0 Å². The molecule has 0 amide bonds.